The van der Waals surface area contributed by atoms with Crippen molar-refractivity contribution in [2.75, 3.05) is 13.1 Å². The van der Waals surface area contributed by atoms with Crippen LogP contribution in [0, 0.1) is 10.6 Å². The van der Waals surface area contributed by atoms with Crippen LogP contribution in [0.4, 0.5) is 4.39 Å². The first-order chi connectivity index (χ1) is 14.7. The molecule has 31 heavy (non-hydrogen) atoms. The van der Waals surface area contributed by atoms with Crippen LogP contribution in [0.3, 0.4) is 0 Å². The van der Waals surface area contributed by atoms with Gasteiger partial charge in [0.25, 0.3) is 0 Å². The van der Waals surface area contributed by atoms with E-state index in [1.807, 2.05) is 13.8 Å². The highest BCUT2D eigenvalue weighted by atomic mass is 35.5. The van der Waals surface area contributed by atoms with Crippen molar-refractivity contribution in [3.63, 3.8) is 0 Å². The third-order valence-electron chi connectivity index (χ3n) is 5.00. The van der Waals surface area contributed by atoms with Crippen LogP contribution >= 0.6 is 47.0 Å². The van der Waals surface area contributed by atoms with Gasteiger partial charge in [0.2, 0.25) is 4.77 Å². The minimum Gasteiger partial charge on any atom is -0.373 e. The van der Waals surface area contributed by atoms with E-state index in [-0.39, 0.29) is 17.2 Å². The Balaban J connectivity index is 1.83. The zero-order valence-electron chi connectivity index (χ0n) is 16.9. The number of benzene rings is 2. The number of ether oxygens (including phenoxy) is 1. The van der Waals surface area contributed by atoms with Gasteiger partial charge < -0.3 is 4.74 Å². The van der Waals surface area contributed by atoms with Gasteiger partial charge in [-0.05, 0) is 62.5 Å². The van der Waals surface area contributed by atoms with E-state index in [9.17, 15) is 4.39 Å². The van der Waals surface area contributed by atoms with Gasteiger partial charge in [0.05, 0.1) is 34.6 Å². The van der Waals surface area contributed by atoms with Crippen molar-refractivity contribution in [2.24, 2.45) is 0 Å². The normalized spacial score (nSPS) is 19.7. The highest BCUT2D eigenvalue weighted by Gasteiger charge is 2.24. The van der Waals surface area contributed by atoms with Crippen molar-refractivity contribution < 1.29 is 9.13 Å². The number of aromatic nitrogens is 3. The predicted octanol–water partition coefficient (Wildman–Crippen LogP) is 6.24. The summed E-state index contributed by atoms with van der Waals surface area (Å²) in [5, 5.41) is 5.71. The molecular weight excluding hydrogens is 482 g/mol. The van der Waals surface area contributed by atoms with Gasteiger partial charge in [-0.3, -0.25) is 9.47 Å². The lowest BCUT2D eigenvalue weighted by molar-refractivity contribution is -0.0777. The molecule has 0 bridgehead atoms. The number of rotatable bonds is 4. The van der Waals surface area contributed by atoms with Gasteiger partial charge in [-0.15, -0.1) is 5.10 Å². The molecule has 5 nitrogen and oxygen atoms in total. The summed E-state index contributed by atoms with van der Waals surface area (Å²) in [5.41, 5.74) is 1.24. The third kappa shape index (κ3) is 4.82. The second-order valence-corrected chi connectivity index (χ2v) is 9.21. The Labute approximate surface area is 199 Å². The maximum Gasteiger partial charge on any atom is 0.204 e. The van der Waals surface area contributed by atoms with Crippen LogP contribution in [-0.2, 0) is 11.4 Å². The van der Waals surface area contributed by atoms with Gasteiger partial charge in [0.15, 0.2) is 5.82 Å². The van der Waals surface area contributed by atoms with Gasteiger partial charge >= 0.3 is 0 Å². The Bertz CT molecular complexity index is 1170. The summed E-state index contributed by atoms with van der Waals surface area (Å²) < 4.78 is 23.5. The summed E-state index contributed by atoms with van der Waals surface area (Å²) in [6, 6.07) is 9.59. The van der Waals surface area contributed by atoms with Crippen LogP contribution in [-0.4, -0.2) is 44.5 Å². The number of halogens is 4. The fourth-order valence-electron chi connectivity index (χ4n) is 3.79. The lowest BCUT2D eigenvalue weighted by Gasteiger charge is -2.34. The summed E-state index contributed by atoms with van der Waals surface area (Å²) in [6.45, 7) is 6.09. The molecule has 1 fully saturated rings. The molecule has 10 heteroatoms. The van der Waals surface area contributed by atoms with Crippen molar-refractivity contribution in [1.82, 2.24) is 19.2 Å². The van der Waals surface area contributed by atoms with Crippen LogP contribution in [0.5, 0.6) is 0 Å². The number of morpholine rings is 1. The molecule has 1 aliphatic rings. The molecule has 0 N–H and O–H groups in total. The molecule has 4 rings (SSSR count). The molecule has 0 radical (unpaired) electrons. The van der Waals surface area contributed by atoms with Crippen molar-refractivity contribution in [3.8, 4) is 17.1 Å². The first-order valence-electron chi connectivity index (χ1n) is 9.71. The molecule has 2 aromatic carbocycles. The molecule has 2 heterocycles. The second-order valence-electron chi connectivity index (χ2n) is 7.60. The topological polar surface area (TPSA) is 35.2 Å². The zero-order chi connectivity index (χ0) is 22.3. The van der Waals surface area contributed by atoms with E-state index in [1.54, 1.807) is 33.5 Å². The molecule has 1 aromatic heterocycles. The Morgan fingerprint density at radius 3 is 2.42 bits per heavy atom. The number of hydrogen-bond donors (Lipinski definition) is 0. The second kappa shape index (κ2) is 9.17. The van der Waals surface area contributed by atoms with E-state index in [1.165, 1.54) is 12.1 Å². The minimum atomic E-state index is -0.508. The van der Waals surface area contributed by atoms with Crippen molar-refractivity contribution in [1.29, 1.82) is 0 Å². The maximum absolute atomic E-state index is 13.8. The zero-order valence-corrected chi connectivity index (χ0v) is 19.9. The maximum atomic E-state index is 13.8. The average molecular weight is 502 g/mol. The van der Waals surface area contributed by atoms with Gasteiger partial charge in [-0.2, -0.15) is 0 Å². The summed E-state index contributed by atoms with van der Waals surface area (Å²) in [6.07, 6.45) is 0.224. The third-order valence-corrected chi connectivity index (χ3v) is 6.23. The van der Waals surface area contributed by atoms with Gasteiger partial charge in [0, 0.05) is 23.7 Å². The molecule has 2 atom stereocenters. The Morgan fingerprint density at radius 1 is 1.06 bits per heavy atom. The lowest BCUT2D eigenvalue weighted by Crippen LogP contribution is -2.46. The Morgan fingerprint density at radius 2 is 1.77 bits per heavy atom. The molecule has 0 saturated carbocycles. The van der Waals surface area contributed by atoms with E-state index in [0.717, 1.165) is 13.1 Å². The van der Waals surface area contributed by atoms with Crippen LogP contribution < -0.4 is 0 Å². The fourth-order valence-corrected chi connectivity index (χ4v) is 4.75. The van der Waals surface area contributed by atoms with Crippen molar-refractivity contribution >= 4 is 47.0 Å². The highest BCUT2D eigenvalue weighted by Crippen LogP contribution is 2.32. The first kappa shape index (κ1) is 22.7. The quantitative estimate of drug-likeness (QED) is 0.397. The van der Waals surface area contributed by atoms with Crippen molar-refractivity contribution in [3.05, 3.63) is 62.1 Å². The molecule has 1 saturated heterocycles. The molecule has 1 aliphatic heterocycles. The number of hydrogen-bond acceptors (Lipinski definition) is 4. The summed E-state index contributed by atoms with van der Waals surface area (Å²) in [5.74, 6) is 0.00962. The molecule has 0 aliphatic carbocycles. The largest absolute Gasteiger partial charge is 0.373 e. The summed E-state index contributed by atoms with van der Waals surface area (Å²) in [7, 11) is 0. The van der Waals surface area contributed by atoms with Gasteiger partial charge in [0.1, 0.15) is 5.82 Å². The standard InChI is InChI=1S/C21H20Cl3FN4OS/c1-12-9-27(10-13(2)30-12)11-28-21(31)29(15-4-6-19(25)18(24)8-15)20(26-28)16-5-3-14(22)7-17(16)23/h3-8,12-13H,9-11H2,1-2H3/t12-,13-/m1/s1. The average Bonchev–Trinajstić information content (AvgIpc) is 2.99. The molecule has 0 unspecified atom stereocenters. The molecule has 164 valence electrons. The van der Waals surface area contributed by atoms with Gasteiger partial charge in [-0.1, -0.05) is 34.8 Å². The monoisotopic (exact) mass is 500 g/mol. The smallest absolute Gasteiger partial charge is 0.204 e. The van der Waals surface area contributed by atoms with E-state index < -0.39 is 5.82 Å². The Hall–Kier alpha value is -1.48. The molecule has 3 aromatic rings. The highest BCUT2D eigenvalue weighted by molar-refractivity contribution is 7.71. The van der Waals surface area contributed by atoms with Crippen LogP contribution in [0.2, 0.25) is 15.1 Å². The molecule has 0 amide bonds. The summed E-state index contributed by atoms with van der Waals surface area (Å²) in [4.78, 5) is 2.23. The SMILES string of the molecule is C[C@@H]1CN(Cn2nc(-c3ccc(Cl)cc3Cl)n(-c3ccc(F)c(Cl)c3)c2=S)C[C@@H](C)O1. The van der Waals surface area contributed by atoms with E-state index >= 15 is 0 Å². The minimum absolute atomic E-state index is 0.00358. The van der Waals surface area contributed by atoms with Crippen LogP contribution in [0.15, 0.2) is 36.4 Å². The Kier molecular flexibility index (Phi) is 6.72. The number of nitrogens with zero attached hydrogens (tertiary/aromatic N) is 4. The van der Waals surface area contributed by atoms with E-state index in [0.29, 0.717) is 38.6 Å². The van der Waals surface area contributed by atoms with E-state index in [2.05, 4.69) is 4.90 Å². The fraction of sp³-hybridized carbons (Fsp3) is 0.333. The predicted molar refractivity (Wildman–Crippen MR) is 124 cm³/mol. The molecular formula is C21H20Cl3FN4OS. The van der Waals surface area contributed by atoms with Crippen LogP contribution in [0.25, 0.3) is 17.1 Å². The lowest BCUT2D eigenvalue weighted by atomic mass is 10.2. The summed E-state index contributed by atoms with van der Waals surface area (Å²) >= 11 is 24.4. The van der Waals surface area contributed by atoms with Gasteiger partial charge in [-0.25, -0.2) is 9.07 Å². The van der Waals surface area contributed by atoms with Crippen molar-refractivity contribution in [2.45, 2.75) is 32.7 Å². The van der Waals surface area contributed by atoms with E-state index in [4.69, 9.17) is 56.9 Å². The molecule has 0 spiro atoms. The van der Waals surface area contributed by atoms with Crippen LogP contribution in [0.1, 0.15) is 13.8 Å². The first-order valence-corrected chi connectivity index (χ1v) is 11.3.